The molecule has 3 rings (SSSR count). The Kier molecular flexibility index (Phi) is 3.57. The maximum atomic E-state index is 11.4. The predicted octanol–water partition coefficient (Wildman–Crippen LogP) is 4.16. The number of nitriles is 1. The Balaban J connectivity index is 2.17. The van der Waals surface area contributed by atoms with Gasteiger partial charge in [0.15, 0.2) is 5.58 Å². The Morgan fingerprint density at radius 2 is 2.14 bits per heavy atom. The molecule has 0 bridgehead atoms. The Morgan fingerprint density at radius 3 is 2.82 bits per heavy atom. The van der Waals surface area contributed by atoms with Gasteiger partial charge in [-0.05, 0) is 11.6 Å². The number of furan rings is 1. The average Bonchev–Trinajstić information content (AvgIpc) is 3.05. The minimum absolute atomic E-state index is 0.0734. The van der Waals surface area contributed by atoms with E-state index in [9.17, 15) is 15.2 Å². The van der Waals surface area contributed by atoms with E-state index in [0.717, 1.165) is 0 Å². The van der Waals surface area contributed by atoms with Gasteiger partial charge in [0.05, 0.1) is 27.4 Å². The molecule has 1 aromatic carbocycles. The summed E-state index contributed by atoms with van der Waals surface area (Å²) in [7, 11) is 0. The number of nitrogens with zero attached hydrogens (tertiary/aromatic N) is 2. The number of fused-ring (bicyclic) bond motifs is 1. The first-order valence-corrected chi connectivity index (χ1v) is 6.95. The van der Waals surface area contributed by atoms with Crippen molar-refractivity contribution in [1.29, 1.82) is 5.26 Å². The van der Waals surface area contributed by atoms with Crippen LogP contribution >= 0.6 is 23.2 Å². The first-order chi connectivity index (χ1) is 10.5. The molecule has 0 spiro atoms. The maximum absolute atomic E-state index is 11.4. The quantitative estimate of drug-likeness (QED) is 0.779. The second kappa shape index (κ2) is 5.41. The highest BCUT2D eigenvalue weighted by atomic mass is 35.5. The van der Waals surface area contributed by atoms with E-state index in [2.05, 4.69) is 0 Å². The van der Waals surface area contributed by atoms with Crippen molar-refractivity contribution in [2.75, 3.05) is 0 Å². The Hall–Kier alpha value is -2.42. The molecular formula is C15H8Cl2N2O3. The van der Waals surface area contributed by atoms with Gasteiger partial charge in [0, 0.05) is 18.7 Å². The number of aromatic nitrogens is 1. The van der Waals surface area contributed by atoms with Crippen LogP contribution in [0.5, 0.6) is 0 Å². The van der Waals surface area contributed by atoms with Crippen LogP contribution < -0.4 is 0 Å². The van der Waals surface area contributed by atoms with Crippen molar-refractivity contribution in [3.8, 4) is 6.07 Å². The fourth-order valence-electron chi connectivity index (χ4n) is 2.34. The first kappa shape index (κ1) is 14.5. The van der Waals surface area contributed by atoms with E-state index >= 15 is 0 Å². The summed E-state index contributed by atoms with van der Waals surface area (Å²) in [6.45, 7) is 0.171. The third kappa shape index (κ3) is 2.23. The van der Waals surface area contributed by atoms with Gasteiger partial charge < -0.3 is 14.1 Å². The van der Waals surface area contributed by atoms with Crippen LogP contribution in [0.15, 0.2) is 34.9 Å². The normalized spacial score (nSPS) is 10.8. The summed E-state index contributed by atoms with van der Waals surface area (Å²) in [5.74, 6) is -1.08. The molecule has 7 heteroatoms. The molecule has 0 atom stereocenters. The number of carboxylic acids is 1. The Labute approximate surface area is 134 Å². The summed E-state index contributed by atoms with van der Waals surface area (Å²) in [6.07, 6.45) is 1.48. The highest BCUT2D eigenvalue weighted by molar-refractivity contribution is 6.42. The van der Waals surface area contributed by atoms with Gasteiger partial charge in [-0.25, -0.2) is 4.79 Å². The molecule has 0 saturated heterocycles. The van der Waals surface area contributed by atoms with Crippen LogP contribution in [0.1, 0.15) is 21.6 Å². The number of benzene rings is 1. The summed E-state index contributed by atoms with van der Waals surface area (Å²) < 4.78 is 6.79. The summed E-state index contributed by atoms with van der Waals surface area (Å²) in [5, 5.41) is 19.0. The summed E-state index contributed by atoms with van der Waals surface area (Å²) in [5.41, 5.74) is 1.99. The predicted molar refractivity (Wildman–Crippen MR) is 81.4 cm³/mol. The lowest BCUT2D eigenvalue weighted by molar-refractivity contribution is 0.0686. The number of rotatable bonds is 3. The minimum atomic E-state index is -1.08. The number of hydrogen-bond acceptors (Lipinski definition) is 3. The largest absolute Gasteiger partial charge is 0.477 e. The van der Waals surface area contributed by atoms with Crippen LogP contribution in [0, 0.1) is 11.3 Å². The smallest absolute Gasteiger partial charge is 0.352 e. The van der Waals surface area contributed by atoms with Crippen molar-refractivity contribution >= 4 is 40.3 Å². The molecule has 110 valence electrons. The van der Waals surface area contributed by atoms with Crippen LogP contribution in [0.4, 0.5) is 0 Å². The lowest BCUT2D eigenvalue weighted by Gasteiger charge is -2.10. The number of carbonyl (C=O) groups is 1. The van der Waals surface area contributed by atoms with Gasteiger partial charge in [0.1, 0.15) is 11.8 Å². The maximum Gasteiger partial charge on any atom is 0.352 e. The average molecular weight is 335 g/mol. The van der Waals surface area contributed by atoms with Crippen molar-refractivity contribution < 1.29 is 14.3 Å². The third-order valence-corrected chi connectivity index (χ3v) is 4.17. The second-order valence-corrected chi connectivity index (χ2v) is 5.38. The number of hydrogen-bond donors (Lipinski definition) is 1. The standard InChI is InChI=1S/C15H8Cl2N2O3/c16-10-2-1-8(9(6-18)14(10)17)7-19-11-3-4-22-13(11)5-12(19)15(20)21/h1-5H,7H2,(H,20,21). The molecule has 0 unspecified atom stereocenters. The Morgan fingerprint density at radius 1 is 1.36 bits per heavy atom. The van der Waals surface area contributed by atoms with Gasteiger partial charge in [-0.3, -0.25) is 0 Å². The van der Waals surface area contributed by atoms with Crippen LogP contribution in [0.2, 0.25) is 10.0 Å². The molecule has 0 amide bonds. The first-order valence-electron chi connectivity index (χ1n) is 6.20. The van der Waals surface area contributed by atoms with Crippen LogP contribution in [0.3, 0.4) is 0 Å². The molecule has 0 aliphatic heterocycles. The fraction of sp³-hybridized carbons (Fsp3) is 0.0667. The molecule has 3 aromatic rings. The van der Waals surface area contributed by atoms with Crippen molar-refractivity contribution in [2.45, 2.75) is 6.54 Å². The van der Waals surface area contributed by atoms with Crippen molar-refractivity contribution in [1.82, 2.24) is 4.57 Å². The minimum Gasteiger partial charge on any atom is -0.477 e. The molecule has 0 aliphatic rings. The van der Waals surface area contributed by atoms with Gasteiger partial charge >= 0.3 is 5.97 Å². The van der Waals surface area contributed by atoms with E-state index in [0.29, 0.717) is 16.7 Å². The molecule has 5 nitrogen and oxygen atoms in total. The van der Waals surface area contributed by atoms with E-state index in [1.807, 2.05) is 6.07 Å². The summed E-state index contributed by atoms with van der Waals surface area (Å²) in [6, 6.07) is 8.36. The second-order valence-electron chi connectivity index (χ2n) is 4.60. The molecule has 2 aromatic heterocycles. The van der Waals surface area contributed by atoms with Crippen LogP contribution in [-0.4, -0.2) is 15.6 Å². The topological polar surface area (TPSA) is 79.2 Å². The lowest BCUT2D eigenvalue weighted by Crippen LogP contribution is -2.10. The third-order valence-electron chi connectivity index (χ3n) is 3.36. The fourth-order valence-corrected chi connectivity index (χ4v) is 2.72. The van der Waals surface area contributed by atoms with Crippen molar-refractivity contribution in [3.63, 3.8) is 0 Å². The highest BCUT2D eigenvalue weighted by Gasteiger charge is 2.19. The van der Waals surface area contributed by atoms with E-state index < -0.39 is 5.97 Å². The van der Waals surface area contributed by atoms with Gasteiger partial charge in [0.2, 0.25) is 0 Å². The van der Waals surface area contributed by atoms with Gasteiger partial charge in [0.25, 0.3) is 0 Å². The zero-order chi connectivity index (χ0) is 15.9. The van der Waals surface area contributed by atoms with Crippen molar-refractivity contribution in [3.05, 3.63) is 57.4 Å². The molecule has 0 saturated carbocycles. The van der Waals surface area contributed by atoms with Crippen molar-refractivity contribution in [2.24, 2.45) is 0 Å². The SMILES string of the molecule is N#Cc1c(Cn2c(C(=O)O)cc3occc32)ccc(Cl)c1Cl. The number of aromatic carboxylic acids is 1. The van der Waals surface area contributed by atoms with E-state index in [1.165, 1.54) is 12.3 Å². The zero-order valence-corrected chi connectivity index (χ0v) is 12.5. The van der Waals surface area contributed by atoms with E-state index in [-0.39, 0.29) is 27.8 Å². The molecule has 1 N–H and O–H groups in total. The van der Waals surface area contributed by atoms with Crippen LogP contribution in [-0.2, 0) is 6.54 Å². The van der Waals surface area contributed by atoms with E-state index in [4.69, 9.17) is 27.6 Å². The molecule has 0 fully saturated rings. The molecule has 0 radical (unpaired) electrons. The van der Waals surface area contributed by atoms with E-state index in [1.54, 1.807) is 22.8 Å². The Bertz CT molecular complexity index is 934. The highest BCUT2D eigenvalue weighted by Crippen LogP contribution is 2.30. The summed E-state index contributed by atoms with van der Waals surface area (Å²) >= 11 is 11.9. The number of carboxylic acid groups (broad SMARTS) is 1. The monoisotopic (exact) mass is 334 g/mol. The van der Waals surface area contributed by atoms with Gasteiger partial charge in [-0.1, -0.05) is 29.3 Å². The van der Waals surface area contributed by atoms with Gasteiger partial charge in [-0.2, -0.15) is 5.26 Å². The van der Waals surface area contributed by atoms with Gasteiger partial charge in [-0.15, -0.1) is 0 Å². The molecular weight excluding hydrogens is 327 g/mol. The molecule has 0 aliphatic carbocycles. The molecule has 22 heavy (non-hydrogen) atoms. The van der Waals surface area contributed by atoms with Crippen LogP contribution in [0.25, 0.3) is 11.1 Å². The zero-order valence-electron chi connectivity index (χ0n) is 11.0. The summed E-state index contributed by atoms with van der Waals surface area (Å²) in [4.78, 5) is 11.4. The molecule has 2 heterocycles. The number of halogens is 2. The lowest BCUT2D eigenvalue weighted by atomic mass is 10.1.